The van der Waals surface area contributed by atoms with Crippen LogP contribution in [0.15, 0.2) is 72.8 Å². The van der Waals surface area contributed by atoms with E-state index in [0.29, 0.717) is 12.3 Å². The normalized spacial score (nSPS) is 12.9. The minimum absolute atomic E-state index is 0.447. The summed E-state index contributed by atoms with van der Waals surface area (Å²) < 4.78 is 39.4. The molecule has 250 valence electrons. The lowest BCUT2D eigenvalue weighted by atomic mass is 9.88. The molecule has 0 N–H and O–H groups in total. The lowest BCUT2D eigenvalue weighted by Crippen LogP contribution is -2.33. The summed E-state index contributed by atoms with van der Waals surface area (Å²) in [6.07, 6.45) is 0.895. The van der Waals surface area contributed by atoms with Gasteiger partial charge in [0.1, 0.15) is 0 Å². The maximum absolute atomic E-state index is 15.3. The summed E-state index contributed by atoms with van der Waals surface area (Å²) in [5.74, 6) is 0. The predicted molar refractivity (Wildman–Crippen MR) is 201 cm³/mol. The van der Waals surface area contributed by atoms with Crippen molar-refractivity contribution in [3.05, 3.63) is 83.9 Å². The first kappa shape index (κ1) is 36.5. The molecule has 0 saturated heterocycles. The molecule has 0 atom stereocenters. The first-order valence-corrected chi connectivity index (χ1v) is 21.0. The zero-order valence-electron chi connectivity index (χ0n) is 29.5. The van der Waals surface area contributed by atoms with Crippen LogP contribution in [0.2, 0.25) is 0 Å². The van der Waals surface area contributed by atoms with Gasteiger partial charge in [-0.2, -0.15) is 0 Å². The zero-order valence-corrected chi connectivity index (χ0v) is 31.3. The van der Waals surface area contributed by atoms with E-state index in [1.165, 1.54) is 0 Å². The molecule has 0 bridgehead atoms. The lowest BCUT2D eigenvalue weighted by Gasteiger charge is -2.39. The molecule has 0 aliphatic heterocycles. The van der Waals surface area contributed by atoms with E-state index in [1.807, 2.05) is 0 Å². The summed E-state index contributed by atoms with van der Waals surface area (Å²) in [7, 11) is -5.92. The molecule has 0 saturated carbocycles. The Bertz CT molecular complexity index is 1530. The molecule has 8 heteroatoms. The molecule has 4 aromatic rings. The Morgan fingerprint density at radius 1 is 0.413 bits per heavy atom. The fourth-order valence-electron chi connectivity index (χ4n) is 7.35. The van der Waals surface area contributed by atoms with Crippen molar-refractivity contribution in [2.24, 2.45) is 0 Å². The number of nitrogens with zero attached hydrogens (tertiary/aromatic N) is 4. The summed E-state index contributed by atoms with van der Waals surface area (Å²) in [6.45, 7) is 22.7. The average Bonchev–Trinajstić information content (AvgIpc) is 3.07. The van der Waals surface area contributed by atoms with Crippen LogP contribution in [0.3, 0.4) is 0 Å². The third-order valence-electron chi connectivity index (χ3n) is 9.72. The second-order valence-electron chi connectivity index (χ2n) is 11.8. The Balaban J connectivity index is 2.11. The second-order valence-corrected chi connectivity index (χ2v) is 17.4. The van der Waals surface area contributed by atoms with Crippen molar-refractivity contribution >= 4 is 36.4 Å². The van der Waals surface area contributed by atoms with Crippen molar-refractivity contribution in [3.63, 3.8) is 0 Å². The third-order valence-corrected chi connectivity index (χ3v) is 17.0. The maximum Gasteiger partial charge on any atom is 0.220 e. The summed E-state index contributed by atoms with van der Waals surface area (Å²) in [6, 6.07) is 25.9. The lowest BCUT2D eigenvalue weighted by molar-refractivity contribution is 0.357. The van der Waals surface area contributed by atoms with Crippen molar-refractivity contribution in [2.75, 3.05) is 52.4 Å². The average molecular weight is 663 g/mol. The number of hydrogen-bond donors (Lipinski definition) is 0. The van der Waals surface area contributed by atoms with Crippen LogP contribution < -0.4 is 0 Å². The zero-order chi connectivity index (χ0) is 33.5. The van der Waals surface area contributed by atoms with Gasteiger partial charge in [-0.3, -0.25) is 9.13 Å². The Kier molecular flexibility index (Phi) is 12.9. The highest BCUT2D eigenvalue weighted by molar-refractivity contribution is 7.58. The van der Waals surface area contributed by atoms with Crippen LogP contribution >= 0.6 is 14.9 Å². The van der Waals surface area contributed by atoms with Gasteiger partial charge >= 0.3 is 0 Å². The molecule has 0 radical (unpaired) electrons. The topological polar surface area (TPSA) is 47.1 Å². The van der Waals surface area contributed by atoms with Crippen molar-refractivity contribution in [2.45, 2.75) is 67.7 Å². The van der Waals surface area contributed by atoms with Gasteiger partial charge in [-0.1, -0.05) is 128 Å². The molecular formula is C38H56N4O2P2. The van der Waals surface area contributed by atoms with Gasteiger partial charge in [-0.15, -0.1) is 0 Å². The molecule has 0 unspecified atom stereocenters. The van der Waals surface area contributed by atoms with Gasteiger partial charge in [-0.25, -0.2) is 18.7 Å². The first-order valence-electron chi connectivity index (χ1n) is 17.4. The quantitative estimate of drug-likeness (QED) is 0.105. The van der Waals surface area contributed by atoms with Gasteiger partial charge in [-0.05, 0) is 43.8 Å². The van der Waals surface area contributed by atoms with E-state index < -0.39 is 14.9 Å². The molecule has 4 rings (SSSR count). The van der Waals surface area contributed by atoms with Crippen LogP contribution in [0.25, 0.3) is 32.7 Å². The van der Waals surface area contributed by atoms with E-state index in [-0.39, 0.29) is 0 Å². The maximum atomic E-state index is 15.3. The number of fused-ring (bicyclic) bond motifs is 2. The van der Waals surface area contributed by atoms with Crippen LogP contribution in [0.1, 0.15) is 66.5 Å². The molecular weight excluding hydrogens is 606 g/mol. The SMILES string of the molecule is CCN(CC)P(=O)(Cc1ccc2ccccc2c1-c1c(CP(=O)(N(CC)CC)N(CC)CC)ccc2ccccc12)N(CC)CC. The number of hydrogen-bond acceptors (Lipinski definition) is 2. The van der Waals surface area contributed by atoms with Crippen molar-refractivity contribution in [1.29, 1.82) is 0 Å². The van der Waals surface area contributed by atoms with Gasteiger partial charge in [0.15, 0.2) is 0 Å². The highest BCUT2D eigenvalue weighted by atomic mass is 31.2. The summed E-state index contributed by atoms with van der Waals surface area (Å²) in [5, 5.41) is 4.58. The molecule has 46 heavy (non-hydrogen) atoms. The Hall–Kier alpha value is -2.30. The second kappa shape index (κ2) is 16.2. The Morgan fingerprint density at radius 3 is 0.978 bits per heavy atom. The summed E-state index contributed by atoms with van der Waals surface area (Å²) >= 11 is 0. The third kappa shape index (κ3) is 6.95. The molecule has 0 aromatic heterocycles. The highest BCUT2D eigenvalue weighted by Crippen LogP contribution is 2.59. The van der Waals surface area contributed by atoms with Crippen LogP contribution in [0.4, 0.5) is 0 Å². The van der Waals surface area contributed by atoms with E-state index in [1.54, 1.807) is 0 Å². The smallest absolute Gasteiger partial charge is 0.220 e. The molecule has 6 nitrogen and oxygen atoms in total. The first-order chi connectivity index (χ1) is 22.2. The van der Waals surface area contributed by atoms with Crippen molar-refractivity contribution in [1.82, 2.24) is 18.7 Å². The number of rotatable bonds is 17. The van der Waals surface area contributed by atoms with Gasteiger partial charge in [0, 0.05) is 52.4 Å². The van der Waals surface area contributed by atoms with E-state index in [4.69, 9.17) is 0 Å². The van der Waals surface area contributed by atoms with Crippen molar-refractivity contribution in [3.8, 4) is 11.1 Å². The van der Waals surface area contributed by atoms with Gasteiger partial charge in [0.05, 0.1) is 12.3 Å². The predicted octanol–water partition coefficient (Wildman–Crippen LogP) is 10.4. The van der Waals surface area contributed by atoms with Crippen LogP contribution in [0.5, 0.6) is 0 Å². The highest BCUT2D eigenvalue weighted by Gasteiger charge is 2.37. The largest absolute Gasteiger partial charge is 0.288 e. The molecule has 0 spiro atoms. The molecule has 0 fully saturated rings. The van der Waals surface area contributed by atoms with Crippen LogP contribution in [-0.4, -0.2) is 71.0 Å². The minimum Gasteiger partial charge on any atom is -0.288 e. The van der Waals surface area contributed by atoms with Gasteiger partial charge in [0.25, 0.3) is 0 Å². The minimum atomic E-state index is -2.96. The van der Waals surface area contributed by atoms with E-state index in [0.717, 1.165) is 96.2 Å². The fourth-order valence-corrected chi connectivity index (χ4v) is 13.8. The Labute approximate surface area is 278 Å². The molecule has 0 aliphatic rings. The fraction of sp³-hybridized carbons (Fsp3) is 0.474. The van der Waals surface area contributed by atoms with E-state index in [9.17, 15) is 0 Å². The van der Waals surface area contributed by atoms with Crippen molar-refractivity contribution < 1.29 is 9.13 Å². The Morgan fingerprint density at radius 2 is 0.696 bits per heavy atom. The van der Waals surface area contributed by atoms with Gasteiger partial charge < -0.3 is 0 Å². The van der Waals surface area contributed by atoms with E-state index in [2.05, 4.69) is 147 Å². The summed E-state index contributed by atoms with van der Waals surface area (Å²) in [4.78, 5) is 0. The monoisotopic (exact) mass is 662 g/mol. The molecule has 0 amide bonds. The molecule has 0 aliphatic carbocycles. The standard InChI is InChI=1S/C38H56N4O2P2/c1-9-39(10-2)45(43,40(11-3)12-4)29-33-27-25-31-21-17-19-23-35(31)37(33)38-34(28-26-32-22-18-20-24-36(32)38)30-46(44,41(13-5)14-6)42(15-7)16-8/h17-28H,9-16,29-30H2,1-8H3. The van der Waals surface area contributed by atoms with E-state index >= 15 is 9.13 Å². The molecule has 0 heterocycles. The molecule has 4 aromatic carbocycles. The van der Waals surface area contributed by atoms with Gasteiger partial charge in [0.2, 0.25) is 14.9 Å². The van der Waals surface area contributed by atoms with Crippen LogP contribution in [-0.2, 0) is 21.5 Å². The van der Waals surface area contributed by atoms with Crippen LogP contribution in [0, 0.1) is 0 Å². The summed E-state index contributed by atoms with van der Waals surface area (Å²) in [5.41, 5.74) is 4.41. The number of benzene rings is 4.